The van der Waals surface area contributed by atoms with Crippen molar-refractivity contribution in [3.8, 4) is 0 Å². The molecule has 1 nitrogen and oxygen atoms in total. The molecule has 0 aromatic heterocycles. The minimum atomic E-state index is 0.285. The molecule has 0 radical (unpaired) electrons. The molecule has 0 N–H and O–H groups in total. The smallest absolute Gasteiger partial charge is 0.155 e. The van der Waals surface area contributed by atoms with Gasteiger partial charge in [0.05, 0.1) is 0 Å². The number of allylic oxidation sites excluding steroid dienone is 3. The Morgan fingerprint density at radius 2 is 2.36 bits per heavy atom. The topological polar surface area (TPSA) is 17.1 Å². The second-order valence-corrected chi connectivity index (χ2v) is 3.26. The highest BCUT2D eigenvalue weighted by Gasteiger charge is 2.08. The van der Waals surface area contributed by atoms with Gasteiger partial charge < -0.3 is 0 Å². The summed E-state index contributed by atoms with van der Waals surface area (Å²) in [6, 6.07) is 0. The summed E-state index contributed by atoms with van der Waals surface area (Å²) in [7, 11) is 0. The Labute approximate surface area is 67.8 Å². The van der Waals surface area contributed by atoms with E-state index in [1.165, 1.54) is 5.57 Å². The van der Waals surface area contributed by atoms with Gasteiger partial charge in [0.2, 0.25) is 0 Å². The van der Waals surface area contributed by atoms with Crippen LogP contribution >= 0.6 is 0 Å². The minimum Gasteiger partial charge on any atom is -0.295 e. The van der Waals surface area contributed by atoms with E-state index in [4.69, 9.17) is 0 Å². The number of carbonyl (C=O) groups excluding carboxylic acids is 1. The largest absolute Gasteiger partial charge is 0.295 e. The normalized spacial score (nSPS) is 17.9. The molecule has 0 aromatic rings. The molecule has 0 fully saturated rings. The molecule has 0 atom stereocenters. The lowest BCUT2D eigenvalue weighted by molar-refractivity contribution is -0.115. The third-order valence-corrected chi connectivity index (χ3v) is 1.82. The molecule has 0 spiro atoms. The highest BCUT2D eigenvalue weighted by molar-refractivity contribution is 5.91. The highest BCUT2D eigenvalue weighted by Crippen LogP contribution is 2.20. The van der Waals surface area contributed by atoms with Gasteiger partial charge in [-0.2, -0.15) is 0 Å². The molecule has 0 saturated carbocycles. The number of carbonyl (C=O) groups is 1. The minimum absolute atomic E-state index is 0.285. The fraction of sp³-hybridized carbons (Fsp3) is 0.500. The Morgan fingerprint density at radius 3 is 2.91 bits per heavy atom. The third kappa shape index (κ3) is 2.71. The zero-order valence-corrected chi connectivity index (χ0v) is 7.02. The summed E-state index contributed by atoms with van der Waals surface area (Å²) in [6.45, 7) is 5.82. The van der Waals surface area contributed by atoms with Crippen LogP contribution in [0.25, 0.3) is 0 Å². The van der Waals surface area contributed by atoms with Crippen molar-refractivity contribution in [2.75, 3.05) is 0 Å². The van der Waals surface area contributed by atoms with Gasteiger partial charge in [-0.1, -0.05) is 17.7 Å². The van der Waals surface area contributed by atoms with E-state index >= 15 is 0 Å². The van der Waals surface area contributed by atoms with Crippen LogP contribution < -0.4 is 0 Å². The van der Waals surface area contributed by atoms with E-state index in [1.54, 1.807) is 6.08 Å². The summed E-state index contributed by atoms with van der Waals surface area (Å²) in [5.41, 5.74) is 2.40. The predicted octanol–water partition coefficient (Wildman–Crippen LogP) is 2.63. The van der Waals surface area contributed by atoms with Gasteiger partial charge in [-0.05, 0) is 32.3 Å². The van der Waals surface area contributed by atoms with Crippen LogP contribution in [0.2, 0.25) is 0 Å². The molecule has 1 rings (SSSR count). The average Bonchev–Trinajstić information content (AvgIpc) is 1.85. The van der Waals surface area contributed by atoms with Crippen molar-refractivity contribution in [1.82, 2.24) is 0 Å². The van der Waals surface area contributed by atoms with Crippen molar-refractivity contribution in [2.24, 2.45) is 0 Å². The number of ketones is 1. The van der Waals surface area contributed by atoms with E-state index in [9.17, 15) is 4.79 Å². The Hall–Kier alpha value is -0.850. The molecule has 0 saturated heterocycles. The Balaban J connectivity index is 2.56. The molecule has 0 aromatic carbocycles. The van der Waals surface area contributed by atoms with Gasteiger partial charge in [0.1, 0.15) is 0 Å². The second-order valence-electron chi connectivity index (χ2n) is 3.26. The molecule has 11 heavy (non-hydrogen) atoms. The first kappa shape index (κ1) is 8.25. The van der Waals surface area contributed by atoms with E-state index in [1.807, 2.05) is 6.92 Å². The van der Waals surface area contributed by atoms with E-state index in [0.717, 1.165) is 31.3 Å². The van der Waals surface area contributed by atoms with E-state index in [0.29, 0.717) is 0 Å². The van der Waals surface area contributed by atoms with Crippen LogP contribution in [0.5, 0.6) is 0 Å². The molecule has 0 amide bonds. The monoisotopic (exact) mass is 150 g/mol. The van der Waals surface area contributed by atoms with Crippen molar-refractivity contribution < 1.29 is 4.79 Å². The van der Waals surface area contributed by atoms with Crippen molar-refractivity contribution in [3.05, 3.63) is 23.8 Å². The lowest BCUT2D eigenvalue weighted by atomic mass is 9.94. The predicted molar refractivity (Wildman–Crippen MR) is 46.4 cm³/mol. The van der Waals surface area contributed by atoms with Gasteiger partial charge in [0.25, 0.3) is 0 Å². The molecule has 0 aliphatic heterocycles. The molecule has 60 valence electrons. The molecule has 1 aliphatic rings. The van der Waals surface area contributed by atoms with Crippen LogP contribution in [-0.4, -0.2) is 5.78 Å². The fourth-order valence-electron chi connectivity index (χ4n) is 1.39. The standard InChI is InChI=1S/C10H14O/c1-8(2)6-9-4-3-5-10(11)7-9/h7H,1,3-6H2,2H3. The summed E-state index contributed by atoms with van der Waals surface area (Å²) in [6.07, 6.45) is 5.54. The lowest BCUT2D eigenvalue weighted by Gasteiger charge is -2.10. The summed E-state index contributed by atoms with van der Waals surface area (Å²) >= 11 is 0. The lowest BCUT2D eigenvalue weighted by Crippen LogP contribution is -2.02. The zero-order chi connectivity index (χ0) is 8.27. The van der Waals surface area contributed by atoms with Crippen LogP contribution in [0.4, 0.5) is 0 Å². The van der Waals surface area contributed by atoms with E-state index in [2.05, 4.69) is 6.58 Å². The SMILES string of the molecule is C=C(C)CC1=CC(=O)CCC1. The van der Waals surface area contributed by atoms with Crippen LogP contribution in [-0.2, 0) is 4.79 Å². The van der Waals surface area contributed by atoms with Crippen LogP contribution in [0.3, 0.4) is 0 Å². The van der Waals surface area contributed by atoms with Gasteiger partial charge in [-0.15, -0.1) is 0 Å². The quantitative estimate of drug-likeness (QED) is 0.553. The maximum atomic E-state index is 10.9. The van der Waals surface area contributed by atoms with Crippen LogP contribution in [0.15, 0.2) is 23.8 Å². The average molecular weight is 150 g/mol. The number of rotatable bonds is 2. The van der Waals surface area contributed by atoms with E-state index in [-0.39, 0.29) is 5.78 Å². The Morgan fingerprint density at radius 1 is 1.64 bits per heavy atom. The first-order chi connectivity index (χ1) is 5.18. The Kier molecular flexibility index (Phi) is 2.64. The van der Waals surface area contributed by atoms with Crippen LogP contribution in [0, 0.1) is 0 Å². The van der Waals surface area contributed by atoms with Crippen molar-refractivity contribution in [2.45, 2.75) is 32.6 Å². The van der Waals surface area contributed by atoms with Crippen molar-refractivity contribution in [1.29, 1.82) is 0 Å². The third-order valence-electron chi connectivity index (χ3n) is 1.82. The molecular formula is C10H14O. The molecular weight excluding hydrogens is 136 g/mol. The Bertz CT molecular complexity index is 211. The molecule has 0 heterocycles. The summed E-state index contributed by atoms with van der Waals surface area (Å²) in [5, 5.41) is 0. The van der Waals surface area contributed by atoms with Crippen molar-refractivity contribution in [3.63, 3.8) is 0 Å². The van der Waals surface area contributed by atoms with Gasteiger partial charge in [-0.25, -0.2) is 0 Å². The maximum absolute atomic E-state index is 10.9. The summed E-state index contributed by atoms with van der Waals surface area (Å²) < 4.78 is 0. The van der Waals surface area contributed by atoms with Gasteiger partial charge in [0, 0.05) is 6.42 Å². The molecule has 1 aliphatic carbocycles. The molecule has 0 bridgehead atoms. The van der Waals surface area contributed by atoms with Gasteiger partial charge in [0.15, 0.2) is 5.78 Å². The van der Waals surface area contributed by atoms with Crippen molar-refractivity contribution >= 4 is 5.78 Å². The summed E-state index contributed by atoms with van der Waals surface area (Å²) in [5.74, 6) is 0.285. The fourth-order valence-corrected chi connectivity index (χ4v) is 1.39. The highest BCUT2D eigenvalue weighted by atomic mass is 16.1. The first-order valence-electron chi connectivity index (χ1n) is 4.05. The summed E-state index contributed by atoms with van der Waals surface area (Å²) in [4.78, 5) is 10.9. The zero-order valence-electron chi connectivity index (χ0n) is 7.02. The van der Waals surface area contributed by atoms with Crippen LogP contribution in [0.1, 0.15) is 32.6 Å². The number of hydrogen-bond acceptors (Lipinski definition) is 1. The molecule has 0 unspecified atom stereocenters. The maximum Gasteiger partial charge on any atom is 0.155 e. The van der Waals surface area contributed by atoms with Gasteiger partial charge in [-0.3, -0.25) is 4.79 Å². The van der Waals surface area contributed by atoms with Gasteiger partial charge >= 0.3 is 0 Å². The number of hydrogen-bond donors (Lipinski definition) is 0. The second kappa shape index (κ2) is 3.51. The van der Waals surface area contributed by atoms with E-state index < -0.39 is 0 Å². The molecule has 1 heteroatoms. The first-order valence-corrected chi connectivity index (χ1v) is 4.05.